The molecule has 0 aliphatic heterocycles. The molecule has 1 atom stereocenters. The predicted octanol–water partition coefficient (Wildman–Crippen LogP) is 3.58. The Morgan fingerprint density at radius 3 is 2.09 bits per heavy atom. The molecule has 0 bridgehead atoms. The summed E-state index contributed by atoms with van der Waals surface area (Å²) in [6.07, 6.45) is 5.18. The third-order valence-electron chi connectivity index (χ3n) is 1.35. The maximum atomic E-state index is 12.2. The van der Waals surface area contributed by atoms with Crippen LogP contribution < -0.4 is 0 Å². The molecule has 1 unspecified atom stereocenters. The Balaban J connectivity index is -0.000000149. The van der Waals surface area contributed by atoms with Crippen LogP contribution in [0.3, 0.4) is 0 Å². The smallest absolute Gasteiger partial charge is 0.358 e. The molecule has 1 saturated carbocycles. The van der Waals surface area contributed by atoms with Crippen molar-refractivity contribution < 1.29 is 25.5 Å². The Morgan fingerprint density at radius 2 is 1.91 bits per heavy atom. The Hall–Kier alpha value is 0.618. The molecule has 0 N–H and O–H groups in total. The third kappa shape index (κ3) is 10.6. The molecule has 0 radical (unpaired) electrons. The Morgan fingerprint density at radius 1 is 1.36 bits per heavy atom. The number of hydrogen-bond acceptors (Lipinski definition) is 0. The minimum Gasteiger partial charge on any atom is -0.358 e. The molecule has 1 aliphatic carbocycles. The van der Waals surface area contributed by atoms with Gasteiger partial charge in [-0.25, -0.2) is 0 Å². The predicted molar refractivity (Wildman–Crippen MR) is 45.4 cm³/mol. The van der Waals surface area contributed by atoms with Crippen molar-refractivity contribution in [2.75, 3.05) is 0 Å². The SMILES string of the molecule is CC.FC1C[CH-]CCC1.[CH3-].[W+2]. The van der Waals surface area contributed by atoms with Crippen molar-refractivity contribution in [3.05, 3.63) is 13.8 Å². The summed E-state index contributed by atoms with van der Waals surface area (Å²) in [7, 11) is 0. The molecule has 0 spiro atoms. The second-order valence-electron chi connectivity index (χ2n) is 2.05. The number of halogens is 1. The Labute approximate surface area is 85.2 Å². The first-order chi connectivity index (χ1) is 4.39. The average Bonchev–Trinajstić information content (AvgIpc) is 1.94. The molecule has 0 aromatic carbocycles. The van der Waals surface area contributed by atoms with Gasteiger partial charge in [-0.1, -0.05) is 20.3 Å². The maximum Gasteiger partial charge on any atom is 2.00 e. The largest absolute Gasteiger partial charge is 2.00 e. The molecular formula is C9H19FW. The molecule has 0 heterocycles. The Kier molecular flexibility index (Phi) is 21.2. The summed E-state index contributed by atoms with van der Waals surface area (Å²) in [5.74, 6) is 0. The summed E-state index contributed by atoms with van der Waals surface area (Å²) < 4.78 is 12.2. The zero-order valence-corrected chi connectivity index (χ0v) is 10.7. The van der Waals surface area contributed by atoms with Crippen LogP contribution in [0.5, 0.6) is 0 Å². The third-order valence-corrected chi connectivity index (χ3v) is 1.35. The van der Waals surface area contributed by atoms with Gasteiger partial charge in [-0.3, -0.25) is 4.39 Å². The molecule has 0 aromatic heterocycles. The van der Waals surface area contributed by atoms with Gasteiger partial charge in [0.05, 0.1) is 6.17 Å². The molecular weight excluding hydrogens is 311 g/mol. The van der Waals surface area contributed by atoms with Crippen molar-refractivity contribution in [1.82, 2.24) is 0 Å². The van der Waals surface area contributed by atoms with Crippen molar-refractivity contribution in [2.45, 2.75) is 45.7 Å². The van der Waals surface area contributed by atoms with Gasteiger partial charge in [0.1, 0.15) is 0 Å². The van der Waals surface area contributed by atoms with Crippen LogP contribution in [0.4, 0.5) is 4.39 Å². The van der Waals surface area contributed by atoms with Crippen LogP contribution in [-0.2, 0) is 21.1 Å². The van der Waals surface area contributed by atoms with Crippen LogP contribution in [0.1, 0.15) is 39.5 Å². The molecule has 11 heavy (non-hydrogen) atoms. The normalized spacial score (nSPS) is 21.5. The van der Waals surface area contributed by atoms with Gasteiger partial charge in [0.2, 0.25) is 0 Å². The van der Waals surface area contributed by atoms with Crippen molar-refractivity contribution in [1.29, 1.82) is 0 Å². The van der Waals surface area contributed by atoms with Crippen molar-refractivity contribution >= 4 is 0 Å². The van der Waals surface area contributed by atoms with Crippen LogP contribution in [-0.4, -0.2) is 6.17 Å². The van der Waals surface area contributed by atoms with E-state index in [0.717, 1.165) is 19.3 Å². The van der Waals surface area contributed by atoms with Gasteiger partial charge < -0.3 is 13.8 Å². The summed E-state index contributed by atoms with van der Waals surface area (Å²) in [5, 5.41) is 0. The molecule has 1 fully saturated rings. The minimum atomic E-state index is -0.520. The van der Waals surface area contributed by atoms with Gasteiger partial charge in [-0.05, 0) is 6.42 Å². The number of hydrogen-bond donors (Lipinski definition) is 0. The summed E-state index contributed by atoms with van der Waals surface area (Å²) in [5.41, 5.74) is 0. The number of alkyl halides is 1. The second-order valence-corrected chi connectivity index (χ2v) is 2.05. The van der Waals surface area contributed by atoms with E-state index < -0.39 is 6.17 Å². The standard InChI is InChI=1S/C6H10F.C2H6.CH3.W/c7-6-4-2-1-3-5-6;1-2;;/h2,6H,1,3-5H2;1-2H3;1H3;/q-1;;-1;+2. The van der Waals surface area contributed by atoms with Crippen LogP contribution in [0.15, 0.2) is 0 Å². The minimum absolute atomic E-state index is 0. The van der Waals surface area contributed by atoms with E-state index in [2.05, 4.69) is 0 Å². The first-order valence-electron chi connectivity index (χ1n) is 3.85. The van der Waals surface area contributed by atoms with Gasteiger partial charge in [-0.2, -0.15) is 6.42 Å². The summed E-state index contributed by atoms with van der Waals surface area (Å²) in [6, 6.07) is 0. The van der Waals surface area contributed by atoms with E-state index >= 15 is 0 Å². The number of rotatable bonds is 0. The average molecular weight is 330 g/mol. The van der Waals surface area contributed by atoms with E-state index in [-0.39, 0.29) is 28.5 Å². The second kappa shape index (κ2) is 13.2. The van der Waals surface area contributed by atoms with Crippen molar-refractivity contribution in [3.63, 3.8) is 0 Å². The first kappa shape index (κ1) is 17.6. The maximum absolute atomic E-state index is 12.2. The van der Waals surface area contributed by atoms with E-state index in [1.807, 2.05) is 20.3 Å². The zero-order chi connectivity index (χ0) is 7.11. The Bertz CT molecular complexity index is 51.5. The van der Waals surface area contributed by atoms with E-state index in [9.17, 15) is 4.39 Å². The molecule has 0 nitrogen and oxygen atoms in total. The molecule has 0 amide bonds. The fraction of sp³-hybridized carbons (Fsp3) is 0.778. The molecule has 0 saturated heterocycles. The van der Waals surface area contributed by atoms with Crippen LogP contribution in [0.25, 0.3) is 0 Å². The van der Waals surface area contributed by atoms with Gasteiger partial charge in [0.15, 0.2) is 0 Å². The van der Waals surface area contributed by atoms with E-state index in [4.69, 9.17) is 0 Å². The van der Waals surface area contributed by atoms with Crippen LogP contribution >= 0.6 is 0 Å². The molecule has 1 aliphatic rings. The van der Waals surface area contributed by atoms with Gasteiger partial charge in [-0.15, -0.1) is 6.42 Å². The van der Waals surface area contributed by atoms with Gasteiger partial charge in [0, 0.05) is 0 Å². The fourth-order valence-corrected chi connectivity index (χ4v) is 0.900. The molecule has 1 rings (SSSR count). The van der Waals surface area contributed by atoms with Crippen molar-refractivity contribution in [3.8, 4) is 0 Å². The molecule has 2 heteroatoms. The fourth-order valence-electron chi connectivity index (χ4n) is 0.900. The first-order valence-corrected chi connectivity index (χ1v) is 3.85. The monoisotopic (exact) mass is 330 g/mol. The summed E-state index contributed by atoms with van der Waals surface area (Å²) in [4.78, 5) is 0. The van der Waals surface area contributed by atoms with Crippen LogP contribution in [0.2, 0.25) is 0 Å². The van der Waals surface area contributed by atoms with Crippen LogP contribution in [0, 0.1) is 13.8 Å². The van der Waals surface area contributed by atoms with Crippen molar-refractivity contribution in [2.24, 2.45) is 0 Å². The molecule has 0 aromatic rings. The van der Waals surface area contributed by atoms with E-state index in [0.29, 0.717) is 6.42 Å². The zero-order valence-electron chi connectivity index (χ0n) is 7.77. The van der Waals surface area contributed by atoms with Gasteiger partial charge in [0.25, 0.3) is 0 Å². The summed E-state index contributed by atoms with van der Waals surface area (Å²) >= 11 is 0. The quantitative estimate of drug-likeness (QED) is 0.596. The van der Waals surface area contributed by atoms with E-state index in [1.165, 1.54) is 0 Å². The molecule has 68 valence electrons. The topological polar surface area (TPSA) is 0 Å². The van der Waals surface area contributed by atoms with Gasteiger partial charge >= 0.3 is 21.1 Å². The summed E-state index contributed by atoms with van der Waals surface area (Å²) in [6.45, 7) is 4.00. The van der Waals surface area contributed by atoms with E-state index in [1.54, 1.807) is 0 Å².